The second-order valence-electron chi connectivity index (χ2n) is 13.5. The highest BCUT2D eigenvalue weighted by Gasteiger charge is 2.45. The first kappa shape index (κ1) is 32.8. The zero-order valence-electron chi connectivity index (χ0n) is 28.0. The van der Waals surface area contributed by atoms with Gasteiger partial charge in [0.15, 0.2) is 0 Å². The van der Waals surface area contributed by atoms with Crippen LogP contribution in [-0.2, 0) is 22.5 Å². The Labute approximate surface area is 287 Å². The van der Waals surface area contributed by atoms with Crippen LogP contribution in [0.25, 0.3) is 10.8 Å². The number of likely N-dealkylation sites (N-methyl/N-ethyl adjacent to an activating group) is 1. The van der Waals surface area contributed by atoms with Crippen molar-refractivity contribution in [2.75, 3.05) is 83.0 Å². The van der Waals surface area contributed by atoms with Crippen LogP contribution in [0.15, 0.2) is 36.4 Å². The van der Waals surface area contributed by atoms with Crippen LogP contribution in [0.5, 0.6) is 6.01 Å². The second kappa shape index (κ2) is 14.4. The highest BCUT2D eigenvalue weighted by molar-refractivity contribution is 6.36. The van der Waals surface area contributed by atoms with Crippen molar-refractivity contribution in [2.24, 2.45) is 0 Å². The van der Waals surface area contributed by atoms with Crippen molar-refractivity contribution in [3.05, 3.63) is 52.7 Å². The molecular formula is C36H45ClN8O3. The number of benzene rings is 2. The lowest BCUT2D eigenvalue weighted by Crippen LogP contribution is -2.57. The number of hydrogen-bond donors (Lipinski definition) is 0. The predicted octanol–water partition coefficient (Wildman–Crippen LogP) is 3.97. The van der Waals surface area contributed by atoms with E-state index in [2.05, 4.69) is 57.0 Å². The van der Waals surface area contributed by atoms with Gasteiger partial charge in [-0.3, -0.25) is 9.69 Å². The standard InChI is InChI=1S/C36H45ClN8O3/c1-41-15-5-9-27(41)24-48-36-39-30-22-43(31-11-4-8-25-7-3-10-29(37)33(25)31)17-13-28(30)34(40-36)44-18-19-45(26(21-44)12-14-38)35(46)32-23-42(32)16-6-20-47-2/h3-4,7-8,10-11,26-27,32H,5-6,9,12-13,15-24H2,1-2H3/t26-,27-,32-,42?/m0/s1. The van der Waals surface area contributed by atoms with Gasteiger partial charge in [-0.05, 0) is 56.8 Å². The normalized spacial score (nSPS) is 24.1. The molecule has 4 atom stereocenters. The molecule has 7 rings (SSSR count). The summed E-state index contributed by atoms with van der Waals surface area (Å²) >= 11 is 6.74. The maximum Gasteiger partial charge on any atom is 0.318 e. The average Bonchev–Trinajstić information content (AvgIpc) is 3.76. The van der Waals surface area contributed by atoms with Gasteiger partial charge >= 0.3 is 6.01 Å². The van der Waals surface area contributed by atoms with Crippen LogP contribution in [0.2, 0.25) is 5.02 Å². The molecule has 1 amide bonds. The minimum atomic E-state index is -0.210. The lowest BCUT2D eigenvalue weighted by molar-refractivity contribution is -0.134. The first-order valence-corrected chi connectivity index (χ1v) is 17.6. The van der Waals surface area contributed by atoms with E-state index in [4.69, 9.17) is 31.0 Å². The predicted molar refractivity (Wildman–Crippen MR) is 187 cm³/mol. The van der Waals surface area contributed by atoms with Gasteiger partial charge in [0.1, 0.15) is 18.5 Å². The fourth-order valence-electron chi connectivity index (χ4n) is 7.70. The maximum absolute atomic E-state index is 13.6. The number of nitriles is 1. The molecule has 4 aliphatic heterocycles. The third-order valence-corrected chi connectivity index (χ3v) is 10.8. The van der Waals surface area contributed by atoms with E-state index >= 15 is 0 Å². The zero-order valence-corrected chi connectivity index (χ0v) is 28.7. The third-order valence-electron chi connectivity index (χ3n) is 10.5. The van der Waals surface area contributed by atoms with Gasteiger partial charge in [0.25, 0.3) is 0 Å². The molecule has 0 bridgehead atoms. The second-order valence-corrected chi connectivity index (χ2v) is 13.9. The van der Waals surface area contributed by atoms with E-state index in [-0.39, 0.29) is 24.4 Å². The molecule has 0 aliphatic carbocycles. The number of rotatable bonds is 11. The molecule has 0 saturated carbocycles. The van der Waals surface area contributed by atoms with Crippen molar-refractivity contribution in [3.63, 3.8) is 0 Å². The molecule has 1 aromatic heterocycles. The minimum absolute atomic E-state index is 0.0938. The van der Waals surface area contributed by atoms with Crippen molar-refractivity contribution in [1.82, 2.24) is 24.7 Å². The van der Waals surface area contributed by atoms with Crippen molar-refractivity contribution in [1.29, 1.82) is 5.26 Å². The summed E-state index contributed by atoms with van der Waals surface area (Å²) in [6, 6.07) is 15.1. The molecule has 48 heavy (non-hydrogen) atoms. The van der Waals surface area contributed by atoms with Crippen LogP contribution in [0.4, 0.5) is 11.5 Å². The number of aromatic nitrogens is 2. The SMILES string of the molecule is COCCCN1C[C@H]1C(=O)N1CCN(c2nc(OC[C@@H]3CCCN3C)nc3c2CCN(c2cccc4cccc(Cl)c24)C3)C[C@@H]1CC#N. The van der Waals surface area contributed by atoms with Crippen molar-refractivity contribution in [2.45, 2.75) is 56.8 Å². The topological polar surface area (TPSA) is 101 Å². The number of nitrogens with zero attached hydrogens (tertiary/aromatic N) is 8. The lowest BCUT2D eigenvalue weighted by Gasteiger charge is -2.42. The Kier molecular flexibility index (Phi) is 9.87. The minimum Gasteiger partial charge on any atom is -0.462 e. The summed E-state index contributed by atoms with van der Waals surface area (Å²) in [5.74, 6) is 0.999. The van der Waals surface area contributed by atoms with E-state index < -0.39 is 0 Å². The van der Waals surface area contributed by atoms with Crippen LogP contribution in [-0.4, -0.2) is 122 Å². The molecule has 12 heteroatoms. The number of amides is 1. The molecule has 3 saturated heterocycles. The molecule has 4 aliphatic rings. The molecule has 1 unspecified atom stereocenters. The molecule has 0 spiro atoms. The van der Waals surface area contributed by atoms with E-state index in [9.17, 15) is 10.1 Å². The van der Waals surface area contributed by atoms with Crippen molar-refractivity contribution < 1.29 is 14.3 Å². The lowest BCUT2D eigenvalue weighted by atomic mass is 10.0. The number of hydrogen-bond acceptors (Lipinski definition) is 10. The molecule has 254 valence electrons. The molecule has 0 N–H and O–H groups in total. The number of methoxy groups -OCH3 is 1. The summed E-state index contributed by atoms with van der Waals surface area (Å²) in [5, 5.41) is 12.7. The first-order chi connectivity index (χ1) is 23.4. The summed E-state index contributed by atoms with van der Waals surface area (Å²) in [6.45, 7) is 7.06. The van der Waals surface area contributed by atoms with Crippen LogP contribution in [0, 0.1) is 11.3 Å². The Morgan fingerprint density at radius 3 is 2.71 bits per heavy atom. The molecule has 11 nitrogen and oxygen atoms in total. The van der Waals surface area contributed by atoms with Crippen molar-refractivity contribution >= 4 is 39.8 Å². The van der Waals surface area contributed by atoms with Gasteiger partial charge in [0, 0.05) is 75.7 Å². The largest absolute Gasteiger partial charge is 0.462 e. The number of likely N-dealkylation sites (tertiary alicyclic amines) is 1. The van der Waals surface area contributed by atoms with E-state index in [1.165, 1.54) is 6.42 Å². The van der Waals surface area contributed by atoms with E-state index in [0.29, 0.717) is 51.4 Å². The Morgan fingerprint density at radius 2 is 1.92 bits per heavy atom. The third kappa shape index (κ3) is 6.77. The summed E-state index contributed by atoms with van der Waals surface area (Å²) < 4.78 is 11.5. The molecule has 5 heterocycles. The van der Waals surface area contributed by atoms with Crippen LogP contribution >= 0.6 is 11.6 Å². The zero-order chi connectivity index (χ0) is 33.2. The molecule has 0 radical (unpaired) electrons. The number of fused-ring (bicyclic) bond motifs is 2. The maximum atomic E-state index is 13.6. The molecule has 3 fully saturated rings. The van der Waals surface area contributed by atoms with Gasteiger partial charge in [0.2, 0.25) is 5.91 Å². The molecular weight excluding hydrogens is 628 g/mol. The quantitative estimate of drug-likeness (QED) is 0.220. The summed E-state index contributed by atoms with van der Waals surface area (Å²) in [7, 11) is 3.84. The van der Waals surface area contributed by atoms with Crippen LogP contribution in [0.3, 0.4) is 0 Å². The highest BCUT2D eigenvalue weighted by atomic mass is 35.5. The number of anilines is 2. The van der Waals surface area contributed by atoms with Gasteiger partial charge in [-0.15, -0.1) is 0 Å². The number of ether oxygens (including phenoxy) is 2. The summed E-state index contributed by atoms with van der Waals surface area (Å²) in [4.78, 5) is 34.8. The van der Waals surface area contributed by atoms with E-state index in [1.54, 1.807) is 7.11 Å². The number of carbonyl (C=O) groups excluding carboxylic acids is 1. The number of halogens is 1. The van der Waals surface area contributed by atoms with Gasteiger partial charge in [-0.1, -0.05) is 35.9 Å². The Balaban J connectivity index is 1.15. The summed E-state index contributed by atoms with van der Waals surface area (Å²) in [5.41, 5.74) is 3.16. The summed E-state index contributed by atoms with van der Waals surface area (Å²) in [6.07, 6.45) is 4.20. The monoisotopic (exact) mass is 672 g/mol. The van der Waals surface area contributed by atoms with Crippen molar-refractivity contribution in [3.8, 4) is 12.1 Å². The smallest absolute Gasteiger partial charge is 0.318 e. The van der Waals surface area contributed by atoms with Gasteiger partial charge < -0.3 is 29.1 Å². The number of carbonyl (C=O) groups is 1. The van der Waals surface area contributed by atoms with Crippen LogP contribution in [0.1, 0.15) is 36.9 Å². The Bertz CT molecular complexity index is 1680. The van der Waals surface area contributed by atoms with Gasteiger partial charge in [-0.25, -0.2) is 0 Å². The van der Waals surface area contributed by atoms with Gasteiger partial charge in [-0.2, -0.15) is 15.2 Å². The molecule has 2 aromatic carbocycles. The first-order valence-electron chi connectivity index (χ1n) is 17.3. The highest BCUT2D eigenvalue weighted by Crippen LogP contribution is 2.37. The van der Waals surface area contributed by atoms with Gasteiger partial charge in [0.05, 0.1) is 35.8 Å². The van der Waals surface area contributed by atoms with Crippen LogP contribution < -0.4 is 14.5 Å². The number of piperazine rings is 1. The Morgan fingerprint density at radius 1 is 1.06 bits per heavy atom. The fraction of sp³-hybridized carbons (Fsp3) is 0.556. The average molecular weight is 673 g/mol. The molecule has 3 aromatic rings. The fourth-order valence-corrected chi connectivity index (χ4v) is 7.98. The Hall–Kier alpha value is -3.69. The van der Waals surface area contributed by atoms with E-state index in [0.717, 1.165) is 84.0 Å². The van der Waals surface area contributed by atoms with E-state index in [1.807, 2.05) is 17.0 Å².